The van der Waals surface area contributed by atoms with Crippen molar-refractivity contribution in [3.63, 3.8) is 0 Å². The molecule has 1 aromatic carbocycles. The van der Waals surface area contributed by atoms with E-state index < -0.39 is 6.36 Å². The summed E-state index contributed by atoms with van der Waals surface area (Å²) in [7, 11) is 1.37. The van der Waals surface area contributed by atoms with E-state index in [0.717, 1.165) is 12.8 Å². The summed E-state index contributed by atoms with van der Waals surface area (Å²) in [5.74, 6) is 0.475. The first-order valence-corrected chi connectivity index (χ1v) is 10.2. The lowest BCUT2D eigenvalue weighted by Crippen LogP contribution is -2.19. The summed E-state index contributed by atoms with van der Waals surface area (Å²) in [6, 6.07) is 4.14. The Kier molecular flexibility index (Phi) is 9.68. The maximum atomic E-state index is 12.4. The third-order valence-corrected chi connectivity index (χ3v) is 4.57. The zero-order valence-corrected chi connectivity index (χ0v) is 19.0. The molecule has 1 aromatic heterocycles. The van der Waals surface area contributed by atoms with Gasteiger partial charge in [-0.1, -0.05) is 27.7 Å². The van der Waals surface area contributed by atoms with Crippen LogP contribution >= 0.6 is 15.9 Å². The maximum absolute atomic E-state index is 12.4. The molecule has 29 heavy (non-hydrogen) atoms. The molecule has 162 valence electrons. The highest BCUT2D eigenvalue weighted by atomic mass is 79.9. The fraction of sp³-hybridized carbons (Fsp3) is 0.500. The van der Waals surface area contributed by atoms with Gasteiger partial charge in [0.1, 0.15) is 16.1 Å². The quantitative estimate of drug-likeness (QED) is 0.477. The van der Waals surface area contributed by atoms with Crippen molar-refractivity contribution in [3.05, 3.63) is 28.5 Å². The molecule has 0 saturated heterocycles. The van der Waals surface area contributed by atoms with Crippen molar-refractivity contribution in [2.45, 2.75) is 59.9 Å². The maximum Gasteiger partial charge on any atom is 0.573 e. The van der Waals surface area contributed by atoms with E-state index in [9.17, 15) is 13.2 Å². The lowest BCUT2D eigenvalue weighted by Gasteiger charge is -2.18. The standard InChI is InChI=1S/C18H21BrF3N3O2.C2H6/c1-5-11(6-2)24-17-16(19)25-15(10(3)23-17)13-8-7-12(9-14(13)26-4)27-18(20,21)22;1-2/h7-9,11H,5-6H2,1-4H3,(H,23,24);1-2H3. The fourth-order valence-corrected chi connectivity index (χ4v) is 2.98. The number of alkyl halides is 3. The Morgan fingerprint density at radius 2 is 1.76 bits per heavy atom. The Morgan fingerprint density at radius 1 is 1.14 bits per heavy atom. The molecule has 1 heterocycles. The lowest BCUT2D eigenvalue weighted by molar-refractivity contribution is -0.274. The second-order valence-electron chi connectivity index (χ2n) is 5.86. The molecule has 0 radical (unpaired) electrons. The number of hydrogen-bond acceptors (Lipinski definition) is 5. The largest absolute Gasteiger partial charge is 0.573 e. The first-order valence-electron chi connectivity index (χ1n) is 9.43. The van der Waals surface area contributed by atoms with Crippen molar-refractivity contribution in [1.82, 2.24) is 9.97 Å². The van der Waals surface area contributed by atoms with Crippen LogP contribution in [0.1, 0.15) is 46.2 Å². The van der Waals surface area contributed by atoms with Crippen molar-refractivity contribution in [2.75, 3.05) is 12.4 Å². The van der Waals surface area contributed by atoms with Crippen LogP contribution in [-0.4, -0.2) is 29.5 Å². The van der Waals surface area contributed by atoms with Gasteiger partial charge in [0.2, 0.25) is 0 Å². The minimum Gasteiger partial charge on any atom is -0.496 e. The van der Waals surface area contributed by atoms with Gasteiger partial charge in [-0.3, -0.25) is 0 Å². The van der Waals surface area contributed by atoms with E-state index >= 15 is 0 Å². The molecule has 2 aromatic rings. The van der Waals surface area contributed by atoms with E-state index in [-0.39, 0.29) is 17.5 Å². The monoisotopic (exact) mass is 477 g/mol. The number of rotatable bonds is 7. The smallest absolute Gasteiger partial charge is 0.496 e. The Hall–Kier alpha value is -2.03. The van der Waals surface area contributed by atoms with Gasteiger partial charge >= 0.3 is 6.36 Å². The van der Waals surface area contributed by atoms with Crippen LogP contribution in [0.2, 0.25) is 0 Å². The zero-order chi connectivity index (χ0) is 22.2. The Balaban J connectivity index is 0.00000204. The van der Waals surface area contributed by atoms with Gasteiger partial charge in [0.25, 0.3) is 0 Å². The van der Waals surface area contributed by atoms with Gasteiger partial charge in [-0.05, 0) is 47.8 Å². The van der Waals surface area contributed by atoms with E-state index in [0.29, 0.717) is 27.4 Å². The molecule has 0 aliphatic rings. The van der Waals surface area contributed by atoms with Crippen LogP contribution < -0.4 is 14.8 Å². The van der Waals surface area contributed by atoms with Crippen LogP contribution in [0.3, 0.4) is 0 Å². The average Bonchev–Trinajstić information content (AvgIpc) is 2.68. The number of nitrogens with one attached hydrogen (secondary N) is 1. The summed E-state index contributed by atoms with van der Waals surface area (Å²) in [6.07, 6.45) is -2.88. The highest BCUT2D eigenvalue weighted by molar-refractivity contribution is 9.10. The van der Waals surface area contributed by atoms with Crippen LogP contribution in [-0.2, 0) is 0 Å². The van der Waals surface area contributed by atoms with Crippen LogP contribution in [0.25, 0.3) is 11.3 Å². The third kappa shape index (κ3) is 7.06. The predicted molar refractivity (Wildman–Crippen MR) is 112 cm³/mol. The van der Waals surface area contributed by atoms with Crippen molar-refractivity contribution in [2.24, 2.45) is 0 Å². The predicted octanol–water partition coefficient (Wildman–Crippen LogP) is 6.75. The molecule has 9 heteroatoms. The van der Waals surface area contributed by atoms with Gasteiger partial charge < -0.3 is 14.8 Å². The number of hydrogen-bond donors (Lipinski definition) is 1. The summed E-state index contributed by atoms with van der Waals surface area (Å²) in [5.41, 5.74) is 1.65. The van der Waals surface area contributed by atoms with Crippen LogP contribution in [0.4, 0.5) is 19.0 Å². The number of anilines is 1. The van der Waals surface area contributed by atoms with Crippen LogP contribution in [0, 0.1) is 6.92 Å². The van der Waals surface area contributed by atoms with E-state index in [2.05, 4.69) is 49.8 Å². The molecule has 0 amide bonds. The van der Waals surface area contributed by atoms with Gasteiger partial charge in [0.05, 0.1) is 18.5 Å². The molecule has 2 rings (SSSR count). The lowest BCUT2D eigenvalue weighted by atomic mass is 10.1. The second kappa shape index (κ2) is 11.2. The molecule has 0 saturated carbocycles. The number of halogens is 4. The van der Waals surface area contributed by atoms with Gasteiger partial charge in [-0.2, -0.15) is 0 Å². The first kappa shape index (κ1) is 25.0. The second-order valence-corrected chi connectivity index (χ2v) is 6.62. The van der Waals surface area contributed by atoms with Gasteiger partial charge in [0, 0.05) is 17.7 Å². The summed E-state index contributed by atoms with van der Waals surface area (Å²) in [6.45, 7) is 9.95. The minimum absolute atomic E-state index is 0.210. The molecule has 0 fully saturated rings. The summed E-state index contributed by atoms with van der Waals surface area (Å²) in [4.78, 5) is 9.08. The molecular formula is C20H27BrF3N3O2. The molecule has 0 aliphatic heterocycles. The number of aromatic nitrogens is 2. The molecule has 0 spiro atoms. The Labute approximate surface area is 178 Å². The molecular weight excluding hydrogens is 451 g/mol. The topological polar surface area (TPSA) is 56.3 Å². The summed E-state index contributed by atoms with van der Waals surface area (Å²) < 4.78 is 47.0. The third-order valence-electron chi connectivity index (χ3n) is 4.02. The molecule has 1 N–H and O–H groups in total. The number of benzene rings is 1. The number of nitrogens with zero attached hydrogens (tertiary/aromatic N) is 2. The highest BCUT2D eigenvalue weighted by Crippen LogP contribution is 2.36. The first-order chi connectivity index (χ1) is 13.7. The Morgan fingerprint density at radius 3 is 2.28 bits per heavy atom. The average molecular weight is 478 g/mol. The molecule has 0 bridgehead atoms. The zero-order valence-electron chi connectivity index (χ0n) is 17.4. The molecule has 5 nitrogen and oxygen atoms in total. The molecule has 0 unspecified atom stereocenters. The highest BCUT2D eigenvalue weighted by Gasteiger charge is 2.31. The van der Waals surface area contributed by atoms with E-state index in [1.165, 1.54) is 25.3 Å². The van der Waals surface area contributed by atoms with E-state index in [1.807, 2.05) is 13.8 Å². The molecule has 0 aliphatic carbocycles. The Bertz CT molecular complexity index is 797. The number of aryl methyl sites for hydroxylation is 1. The normalized spacial score (nSPS) is 11.0. The van der Waals surface area contributed by atoms with Crippen molar-refractivity contribution in [1.29, 1.82) is 0 Å². The van der Waals surface area contributed by atoms with Gasteiger partial charge in [-0.15, -0.1) is 13.2 Å². The van der Waals surface area contributed by atoms with Crippen LogP contribution in [0.15, 0.2) is 22.8 Å². The number of ether oxygens (including phenoxy) is 2. The SMILES string of the molecule is CC.CCC(CC)Nc1nc(C)c(-c2ccc(OC(F)(F)F)cc2OC)nc1Br. The fourth-order valence-electron chi connectivity index (χ4n) is 2.60. The van der Waals surface area contributed by atoms with Gasteiger partial charge in [-0.25, -0.2) is 9.97 Å². The number of methoxy groups -OCH3 is 1. The minimum atomic E-state index is -4.77. The van der Waals surface area contributed by atoms with E-state index in [1.54, 1.807) is 6.92 Å². The van der Waals surface area contributed by atoms with E-state index in [4.69, 9.17) is 4.74 Å². The van der Waals surface area contributed by atoms with Crippen molar-refractivity contribution in [3.8, 4) is 22.8 Å². The summed E-state index contributed by atoms with van der Waals surface area (Å²) in [5, 5.41) is 3.33. The van der Waals surface area contributed by atoms with Crippen LogP contribution in [0.5, 0.6) is 11.5 Å². The van der Waals surface area contributed by atoms with Crippen molar-refractivity contribution >= 4 is 21.7 Å². The van der Waals surface area contributed by atoms with Crippen molar-refractivity contribution < 1.29 is 22.6 Å². The molecule has 0 atom stereocenters. The van der Waals surface area contributed by atoms with Gasteiger partial charge in [0.15, 0.2) is 5.82 Å². The summed E-state index contributed by atoms with van der Waals surface area (Å²) >= 11 is 3.42.